The van der Waals surface area contributed by atoms with Crippen LogP contribution in [0.4, 0.5) is 0 Å². The fourth-order valence-electron chi connectivity index (χ4n) is 1.52. The summed E-state index contributed by atoms with van der Waals surface area (Å²) in [5.41, 5.74) is 1.08. The molecule has 0 radical (unpaired) electrons. The van der Waals surface area contributed by atoms with Crippen molar-refractivity contribution in [2.24, 2.45) is 5.92 Å². The number of likely N-dealkylation sites (N-methyl/N-ethyl adjacent to an activating group) is 1. The maximum atomic E-state index is 11.6. The maximum absolute atomic E-state index is 11.6. The number of amides is 1. The number of aromatic nitrogens is 1. The number of carbonyl (C=O) groups is 1. The minimum absolute atomic E-state index is 0.0268. The number of nitrogens with zero attached hydrogens (tertiary/aromatic N) is 1. The Kier molecular flexibility index (Phi) is 4.92. The molecule has 1 unspecified atom stereocenters. The number of nitrogens with one attached hydrogen (secondary N) is 2. The Morgan fingerprint density at radius 1 is 1.50 bits per heavy atom. The SMILES string of the molecule is CNC(=O)C(NCc1cccnc1)C(C)C. The van der Waals surface area contributed by atoms with Crippen LogP contribution in [0.2, 0.25) is 0 Å². The van der Waals surface area contributed by atoms with Gasteiger partial charge in [-0.15, -0.1) is 0 Å². The van der Waals surface area contributed by atoms with Gasteiger partial charge < -0.3 is 10.6 Å². The molecule has 0 aliphatic rings. The third-order valence-electron chi connectivity index (χ3n) is 2.44. The van der Waals surface area contributed by atoms with Crippen LogP contribution >= 0.6 is 0 Å². The minimum Gasteiger partial charge on any atom is -0.358 e. The van der Waals surface area contributed by atoms with E-state index in [1.807, 2.05) is 26.0 Å². The fraction of sp³-hybridized carbons (Fsp3) is 0.500. The lowest BCUT2D eigenvalue weighted by Gasteiger charge is -2.20. The first kappa shape index (κ1) is 12.6. The lowest BCUT2D eigenvalue weighted by Crippen LogP contribution is -2.45. The minimum atomic E-state index is -0.162. The van der Waals surface area contributed by atoms with Gasteiger partial charge in [-0.25, -0.2) is 0 Å². The van der Waals surface area contributed by atoms with Gasteiger partial charge in [0.2, 0.25) is 5.91 Å². The van der Waals surface area contributed by atoms with Gasteiger partial charge in [-0.05, 0) is 17.5 Å². The zero-order valence-corrected chi connectivity index (χ0v) is 10.0. The highest BCUT2D eigenvalue weighted by atomic mass is 16.2. The third kappa shape index (κ3) is 3.62. The largest absolute Gasteiger partial charge is 0.358 e. The molecular weight excluding hydrogens is 202 g/mol. The molecule has 1 aromatic rings. The third-order valence-corrected chi connectivity index (χ3v) is 2.44. The first-order chi connectivity index (χ1) is 7.65. The van der Waals surface area contributed by atoms with Gasteiger partial charge in [0, 0.05) is 26.0 Å². The van der Waals surface area contributed by atoms with Crippen molar-refractivity contribution in [3.05, 3.63) is 30.1 Å². The van der Waals surface area contributed by atoms with Gasteiger partial charge in [-0.3, -0.25) is 9.78 Å². The molecule has 2 N–H and O–H groups in total. The van der Waals surface area contributed by atoms with Crippen LogP contribution in [0, 0.1) is 5.92 Å². The van der Waals surface area contributed by atoms with E-state index in [9.17, 15) is 4.79 Å². The molecule has 0 fully saturated rings. The normalized spacial score (nSPS) is 12.5. The zero-order valence-electron chi connectivity index (χ0n) is 10.0. The topological polar surface area (TPSA) is 54.0 Å². The Bertz CT molecular complexity index is 324. The highest BCUT2D eigenvalue weighted by molar-refractivity contribution is 5.81. The second kappa shape index (κ2) is 6.23. The van der Waals surface area contributed by atoms with E-state index in [0.29, 0.717) is 6.54 Å². The number of carbonyl (C=O) groups excluding carboxylic acids is 1. The molecule has 0 saturated carbocycles. The van der Waals surface area contributed by atoms with Crippen LogP contribution in [0.3, 0.4) is 0 Å². The first-order valence-corrected chi connectivity index (χ1v) is 5.49. The molecule has 1 heterocycles. The molecule has 4 nitrogen and oxygen atoms in total. The van der Waals surface area contributed by atoms with E-state index in [-0.39, 0.29) is 17.9 Å². The average Bonchev–Trinajstić information content (AvgIpc) is 2.30. The van der Waals surface area contributed by atoms with Crippen LogP contribution in [0.25, 0.3) is 0 Å². The number of pyridine rings is 1. The molecule has 0 bridgehead atoms. The highest BCUT2D eigenvalue weighted by Gasteiger charge is 2.19. The van der Waals surface area contributed by atoms with Crippen molar-refractivity contribution in [3.8, 4) is 0 Å². The molecule has 1 rings (SSSR count). The molecular formula is C12H19N3O. The second-order valence-corrected chi connectivity index (χ2v) is 4.08. The molecule has 0 spiro atoms. The standard InChI is InChI=1S/C12H19N3O/c1-9(2)11(12(16)13-3)15-8-10-5-4-6-14-7-10/h4-7,9,11,15H,8H2,1-3H3,(H,13,16). The van der Waals surface area contributed by atoms with Crippen LogP contribution in [-0.4, -0.2) is 24.0 Å². The summed E-state index contributed by atoms with van der Waals surface area (Å²) >= 11 is 0. The Labute approximate surface area is 96.5 Å². The van der Waals surface area contributed by atoms with E-state index < -0.39 is 0 Å². The van der Waals surface area contributed by atoms with Gasteiger partial charge in [0.1, 0.15) is 0 Å². The van der Waals surface area contributed by atoms with Gasteiger partial charge in [0.15, 0.2) is 0 Å². The summed E-state index contributed by atoms with van der Waals surface area (Å²) in [4.78, 5) is 15.6. The van der Waals surface area contributed by atoms with Crippen LogP contribution in [-0.2, 0) is 11.3 Å². The Morgan fingerprint density at radius 3 is 2.75 bits per heavy atom. The quantitative estimate of drug-likeness (QED) is 0.778. The summed E-state index contributed by atoms with van der Waals surface area (Å²) in [5.74, 6) is 0.288. The molecule has 88 valence electrons. The summed E-state index contributed by atoms with van der Waals surface area (Å²) < 4.78 is 0. The summed E-state index contributed by atoms with van der Waals surface area (Å²) in [5, 5.41) is 5.90. The number of rotatable bonds is 5. The summed E-state index contributed by atoms with van der Waals surface area (Å²) in [7, 11) is 1.66. The van der Waals surface area contributed by atoms with Gasteiger partial charge in [0.25, 0.3) is 0 Å². The average molecular weight is 221 g/mol. The molecule has 16 heavy (non-hydrogen) atoms. The second-order valence-electron chi connectivity index (χ2n) is 4.08. The van der Waals surface area contributed by atoms with Crippen molar-refractivity contribution in [1.82, 2.24) is 15.6 Å². The van der Waals surface area contributed by atoms with Gasteiger partial charge >= 0.3 is 0 Å². The van der Waals surface area contributed by atoms with Crippen LogP contribution < -0.4 is 10.6 Å². The van der Waals surface area contributed by atoms with E-state index in [4.69, 9.17) is 0 Å². The predicted molar refractivity (Wildman–Crippen MR) is 63.8 cm³/mol. The Morgan fingerprint density at radius 2 is 2.25 bits per heavy atom. The summed E-state index contributed by atoms with van der Waals surface area (Å²) in [6.45, 7) is 4.70. The maximum Gasteiger partial charge on any atom is 0.237 e. The van der Waals surface area contributed by atoms with E-state index in [1.54, 1.807) is 19.4 Å². The van der Waals surface area contributed by atoms with Crippen molar-refractivity contribution in [3.63, 3.8) is 0 Å². The van der Waals surface area contributed by atoms with E-state index in [1.165, 1.54) is 0 Å². The highest BCUT2D eigenvalue weighted by Crippen LogP contribution is 2.03. The van der Waals surface area contributed by atoms with Crippen molar-refractivity contribution < 1.29 is 4.79 Å². The molecule has 0 aromatic carbocycles. The molecule has 1 atom stereocenters. The van der Waals surface area contributed by atoms with E-state index >= 15 is 0 Å². The van der Waals surface area contributed by atoms with Gasteiger partial charge in [-0.1, -0.05) is 19.9 Å². The summed E-state index contributed by atoms with van der Waals surface area (Å²) in [6.07, 6.45) is 3.54. The molecule has 4 heteroatoms. The van der Waals surface area contributed by atoms with Crippen LogP contribution in [0.15, 0.2) is 24.5 Å². The van der Waals surface area contributed by atoms with Gasteiger partial charge in [-0.2, -0.15) is 0 Å². The Hall–Kier alpha value is -1.42. The van der Waals surface area contributed by atoms with E-state index in [2.05, 4.69) is 15.6 Å². The van der Waals surface area contributed by atoms with Crippen molar-refractivity contribution in [1.29, 1.82) is 0 Å². The van der Waals surface area contributed by atoms with E-state index in [0.717, 1.165) is 5.56 Å². The monoisotopic (exact) mass is 221 g/mol. The smallest absolute Gasteiger partial charge is 0.237 e. The fourth-order valence-corrected chi connectivity index (χ4v) is 1.52. The molecule has 0 aliphatic carbocycles. The molecule has 1 amide bonds. The zero-order chi connectivity index (χ0) is 12.0. The van der Waals surface area contributed by atoms with Crippen molar-refractivity contribution in [2.75, 3.05) is 7.05 Å². The Balaban J connectivity index is 2.54. The lowest BCUT2D eigenvalue weighted by molar-refractivity contribution is -0.123. The number of hydrogen-bond donors (Lipinski definition) is 2. The number of hydrogen-bond acceptors (Lipinski definition) is 3. The first-order valence-electron chi connectivity index (χ1n) is 5.49. The van der Waals surface area contributed by atoms with Crippen molar-refractivity contribution in [2.45, 2.75) is 26.4 Å². The predicted octanol–water partition coefficient (Wildman–Crippen LogP) is 0.942. The van der Waals surface area contributed by atoms with Crippen LogP contribution in [0.1, 0.15) is 19.4 Å². The van der Waals surface area contributed by atoms with Crippen molar-refractivity contribution >= 4 is 5.91 Å². The lowest BCUT2D eigenvalue weighted by atomic mass is 10.0. The van der Waals surface area contributed by atoms with Gasteiger partial charge in [0.05, 0.1) is 6.04 Å². The molecule has 1 aromatic heterocycles. The summed E-state index contributed by atoms with van der Waals surface area (Å²) in [6, 6.07) is 3.72. The molecule has 0 aliphatic heterocycles. The molecule has 0 saturated heterocycles. The van der Waals surface area contributed by atoms with Crippen LogP contribution in [0.5, 0.6) is 0 Å².